The van der Waals surface area contributed by atoms with Crippen LogP contribution >= 0.6 is 0 Å². The van der Waals surface area contributed by atoms with Crippen LogP contribution in [0.15, 0.2) is 53.4 Å². The zero-order valence-electron chi connectivity index (χ0n) is 16.5. The van der Waals surface area contributed by atoms with E-state index in [4.69, 9.17) is 5.73 Å². The summed E-state index contributed by atoms with van der Waals surface area (Å²) in [6.07, 6.45) is 5.86. The fraction of sp³-hybridized carbons (Fsp3) is 0.409. The minimum Gasteiger partial charge on any atom is -0.338 e. The number of rotatable bonds is 7. The molecule has 1 aromatic heterocycles. The molecule has 0 atom stereocenters. The molecule has 0 aliphatic heterocycles. The SMILES string of the molecule is NCCCN(C1CCCCC1)S(=O)(=O)c1cccc(-c2nc3ccccc3[nH]2)c1. The van der Waals surface area contributed by atoms with Gasteiger partial charge in [0.15, 0.2) is 0 Å². The van der Waals surface area contributed by atoms with Crippen LogP contribution in [0.3, 0.4) is 0 Å². The summed E-state index contributed by atoms with van der Waals surface area (Å²) >= 11 is 0. The zero-order chi connectivity index (χ0) is 20.3. The molecule has 0 spiro atoms. The lowest BCUT2D eigenvalue weighted by Gasteiger charge is -2.33. The van der Waals surface area contributed by atoms with E-state index in [-0.39, 0.29) is 6.04 Å². The first-order chi connectivity index (χ1) is 14.1. The predicted octanol–water partition coefficient (Wildman–Crippen LogP) is 3.90. The summed E-state index contributed by atoms with van der Waals surface area (Å²) < 4.78 is 28.8. The first-order valence-electron chi connectivity index (χ1n) is 10.4. The number of benzene rings is 2. The van der Waals surface area contributed by atoms with Gasteiger partial charge in [0, 0.05) is 18.2 Å². The molecule has 29 heavy (non-hydrogen) atoms. The summed E-state index contributed by atoms with van der Waals surface area (Å²) in [5.74, 6) is 0.675. The van der Waals surface area contributed by atoms with Gasteiger partial charge in [-0.15, -0.1) is 0 Å². The van der Waals surface area contributed by atoms with Crippen molar-refractivity contribution in [3.8, 4) is 11.4 Å². The van der Waals surface area contributed by atoms with E-state index >= 15 is 0 Å². The molecule has 7 heteroatoms. The van der Waals surface area contributed by atoms with E-state index in [0.29, 0.717) is 30.2 Å². The topological polar surface area (TPSA) is 92.1 Å². The van der Waals surface area contributed by atoms with E-state index in [1.54, 1.807) is 22.5 Å². The molecule has 4 rings (SSSR count). The number of hydrogen-bond acceptors (Lipinski definition) is 4. The van der Waals surface area contributed by atoms with Crippen molar-refractivity contribution in [3.63, 3.8) is 0 Å². The van der Waals surface area contributed by atoms with E-state index in [9.17, 15) is 8.42 Å². The van der Waals surface area contributed by atoms with E-state index in [2.05, 4.69) is 9.97 Å². The van der Waals surface area contributed by atoms with E-state index in [1.807, 2.05) is 30.3 Å². The Hall–Kier alpha value is -2.22. The number of imidazole rings is 1. The fourth-order valence-electron chi connectivity index (χ4n) is 4.14. The van der Waals surface area contributed by atoms with E-state index in [0.717, 1.165) is 42.3 Å². The molecule has 0 bridgehead atoms. The number of fused-ring (bicyclic) bond motifs is 1. The Balaban J connectivity index is 1.68. The Morgan fingerprint density at radius 3 is 2.62 bits per heavy atom. The second-order valence-electron chi connectivity index (χ2n) is 7.68. The van der Waals surface area contributed by atoms with Crippen LogP contribution in [0.5, 0.6) is 0 Å². The van der Waals surface area contributed by atoms with Gasteiger partial charge in [0.2, 0.25) is 10.0 Å². The summed E-state index contributed by atoms with van der Waals surface area (Å²) in [5, 5.41) is 0. The maximum Gasteiger partial charge on any atom is 0.243 e. The van der Waals surface area contributed by atoms with Crippen LogP contribution in [0.2, 0.25) is 0 Å². The summed E-state index contributed by atoms with van der Waals surface area (Å²) in [6, 6.07) is 14.9. The second-order valence-corrected chi connectivity index (χ2v) is 9.57. The van der Waals surface area contributed by atoms with Gasteiger partial charge in [-0.1, -0.05) is 43.5 Å². The number of nitrogens with one attached hydrogen (secondary N) is 1. The molecule has 2 aromatic carbocycles. The smallest absolute Gasteiger partial charge is 0.243 e. The molecular formula is C22H28N4O2S. The lowest BCUT2D eigenvalue weighted by molar-refractivity contribution is 0.252. The van der Waals surface area contributed by atoms with Crippen molar-refractivity contribution < 1.29 is 8.42 Å². The number of hydrogen-bond donors (Lipinski definition) is 2. The van der Waals surface area contributed by atoms with Gasteiger partial charge < -0.3 is 10.7 Å². The third-order valence-electron chi connectivity index (χ3n) is 5.67. The van der Waals surface area contributed by atoms with Gasteiger partial charge in [-0.2, -0.15) is 4.31 Å². The van der Waals surface area contributed by atoms with E-state index < -0.39 is 10.0 Å². The summed E-state index contributed by atoms with van der Waals surface area (Å²) in [5.41, 5.74) is 8.26. The third-order valence-corrected chi connectivity index (χ3v) is 7.62. The molecular weight excluding hydrogens is 384 g/mol. The molecule has 1 aliphatic rings. The second kappa shape index (κ2) is 8.65. The van der Waals surface area contributed by atoms with Crippen molar-refractivity contribution in [2.24, 2.45) is 5.73 Å². The lowest BCUT2D eigenvalue weighted by Crippen LogP contribution is -2.42. The summed E-state index contributed by atoms with van der Waals surface area (Å²) in [6.45, 7) is 0.954. The third kappa shape index (κ3) is 4.22. The molecule has 0 amide bonds. The van der Waals surface area contributed by atoms with Crippen molar-refractivity contribution in [1.29, 1.82) is 0 Å². The summed E-state index contributed by atoms with van der Waals surface area (Å²) in [7, 11) is -3.60. The molecule has 154 valence electrons. The number of nitrogens with zero attached hydrogens (tertiary/aromatic N) is 2. The lowest BCUT2D eigenvalue weighted by atomic mass is 9.95. The first-order valence-corrected chi connectivity index (χ1v) is 11.8. The monoisotopic (exact) mass is 412 g/mol. The molecule has 0 radical (unpaired) electrons. The zero-order valence-corrected chi connectivity index (χ0v) is 17.4. The average Bonchev–Trinajstić information content (AvgIpc) is 3.19. The molecule has 1 aliphatic carbocycles. The Morgan fingerprint density at radius 2 is 1.86 bits per heavy atom. The molecule has 1 fully saturated rings. The number of para-hydroxylation sites is 2. The van der Waals surface area contributed by atoms with Gasteiger partial charge in [-0.25, -0.2) is 13.4 Å². The van der Waals surface area contributed by atoms with Gasteiger partial charge in [0.25, 0.3) is 0 Å². The Bertz CT molecular complexity index is 1040. The van der Waals surface area contributed by atoms with Gasteiger partial charge in [0.1, 0.15) is 5.82 Å². The van der Waals surface area contributed by atoms with Crippen LogP contribution < -0.4 is 5.73 Å². The largest absolute Gasteiger partial charge is 0.338 e. The highest BCUT2D eigenvalue weighted by Crippen LogP contribution is 2.30. The van der Waals surface area contributed by atoms with Gasteiger partial charge in [-0.3, -0.25) is 0 Å². The molecule has 6 nitrogen and oxygen atoms in total. The number of sulfonamides is 1. The van der Waals surface area contributed by atoms with Gasteiger partial charge in [0.05, 0.1) is 15.9 Å². The molecule has 1 heterocycles. The Morgan fingerprint density at radius 1 is 1.07 bits per heavy atom. The maximum absolute atomic E-state index is 13.5. The minimum atomic E-state index is -3.60. The molecule has 1 saturated carbocycles. The highest BCUT2D eigenvalue weighted by atomic mass is 32.2. The maximum atomic E-state index is 13.5. The molecule has 0 unspecified atom stereocenters. The van der Waals surface area contributed by atoms with Gasteiger partial charge >= 0.3 is 0 Å². The summed E-state index contributed by atoms with van der Waals surface area (Å²) in [4.78, 5) is 8.21. The van der Waals surface area contributed by atoms with Crippen LogP contribution in [0, 0.1) is 0 Å². The highest BCUT2D eigenvalue weighted by molar-refractivity contribution is 7.89. The van der Waals surface area contributed by atoms with E-state index in [1.165, 1.54) is 6.42 Å². The predicted molar refractivity (Wildman–Crippen MR) is 116 cm³/mol. The standard InChI is InChI=1S/C22H28N4O2S/c23-14-7-15-26(18-9-2-1-3-10-18)29(27,28)19-11-6-8-17(16-19)22-24-20-12-4-5-13-21(20)25-22/h4-6,8,11-13,16,18H,1-3,7,9-10,14-15,23H2,(H,24,25). The fourth-order valence-corrected chi connectivity index (χ4v) is 5.91. The van der Waals surface area contributed by atoms with Crippen LogP contribution in [-0.2, 0) is 10.0 Å². The minimum absolute atomic E-state index is 0.0650. The normalized spacial score (nSPS) is 15.9. The molecule has 3 N–H and O–H groups in total. The highest BCUT2D eigenvalue weighted by Gasteiger charge is 2.32. The number of H-pyrrole nitrogens is 1. The Kier molecular flexibility index (Phi) is 5.99. The van der Waals surface area contributed by atoms with Crippen molar-refractivity contribution in [2.45, 2.75) is 49.5 Å². The molecule has 3 aromatic rings. The number of nitrogens with two attached hydrogens (primary N) is 1. The van der Waals surface area contributed by atoms with Crippen molar-refractivity contribution in [1.82, 2.24) is 14.3 Å². The first kappa shape index (κ1) is 20.1. The quantitative estimate of drug-likeness (QED) is 0.615. The van der Waals surface area contributed by atoms with Gasteiger partial charge in [-0.05, 0) is 50.1 Å². The number of aromatic amines is 1. The Labute approximate surface area is 172 Å². The van der Waals surface area contributed by atoms with Crippen LogP contribution in [-0.4, -0.2) is 41.8 Å². The van der Waals surface area contributed by atoms with Crippen molar-refractivity contribution in [2.75, 3.05) is 13.1 Å². The van der Waals surface area contributed by atoms with Crippen molar-refractivity contribution >= 4 is 21.1 Å². The van der Waals surface area contributed by atoms with Crippen molar-refractivity contribution in [3.05, 3.63) is 48.5 Å². The average molecular weight is 413 g/mol. The van der Waals surface area contributed by atoms with Crippen LogP contribution in [0.4, 0.5) is 0 Å². The molecule has 0 saturated heterocycles. The van der Waals surface area contributed by atoms with Crippen LogP contribution in [0.1, 0.15) is 38.5 Å². The van der Waals surface area contributed by atoms with Crippen LogP contribution in [0.25, 0.3) is 22.4 Å². The number of aromatic nitrogens is 2.